The molecule has 0 spiro atoms. The molecule has 66 valence electrons. The van der Waals surface area contributed by atoms with Crippen molar-refractivity contribution in [1.29, 1.82) is 0 Å². The number of rotatable bonds is 2. The van der Waals surface area contributed by atoms with Crippen LogP contribution in [0.2, 0.25) is 0 Å². The quantitative estimate of drug-likeness (QED) is 0.534. The van der Waals surface area contributed by atoms with Crippen LogP contribution in [0.3, 0.4) is 0 Å². The van der Waals surface area contributed by atoms with Gasteiger partial charge in [-0.3, -0.25) is 0 Å². The Morgan fingerprint density at radius 2 is 2.17 bits per heavy atom. The Morgan fingerprint density at radius 1 is 1.50 bits per heavy atom. The van der Waals surface area contributed by atoms with Gasteiger partial charge in [-0.05, 0) is 50.2 Å². The maximum absolute atomic E-state index is 5.17. The summed E-state index contributed by atoms with van der Waals surface area (Å²) in [5.41, 5.74) is 1.24. The molecule has 0 amide bonds. The van der Waals surface area contributed by atoms with Gasteiger partial charge in [0.25, 0.3) is 0 Å². The zero-order chi connectivity index (χ0) is 9.14. The molecule has 0 atom stereocenters. The molecule has 0 aromatic heterocycles. The van der Waals surface area contributed by atoms with Crippen molar-refractivity contribution in [2.24, 2.45) is 0 Å². The van der Waals surface area contributed by atoms with E-state index in [4.69, 9.17) is 4.74 Å². The van der Waals surface area contributed by atoms with E-state index in [-0.39, 0.29) is 0 Å². The van der Waals surface area contributed by atoms with Gasteiger partial charge in [0.1, 0.15) is 5.75 Å². The number of hydrogen-bond acceptors (Lipinski definition) is 1. The lowest BCUT2D eigenvalue weighted by molar-refractivity contribution is 0.411. The highest BCUT2D eigenvalue weighted by Gasteiger charge is 2.07. The standard InChI is InChI=1S/C8H7Br2IO/c1-12-6-3-2-5(4-9)7(10)8(6)11/h2-3H,4H2,1H3. The second-order valence-corrected chi connectivity index (χ2v) is 4.62. The smallest absolute Gasteiger partial charge is 0.133 e. The molecule has 1 aromatic carbocycles. The first-order chi connectivity index (χ1) is 5.70. The van der Waals surface area contributed by atoms with Crippen LogP contribution in [-0.2, 0) is 5.33 Å². The van der Waals surface area contributed by atoms with E-state index in [1.807, 2.05) is 12.1 Å². The number of hydrogen-bond donors (Lipinski definition) is 0. The average Bonchev–Trinajstić information content (AvgIpc) is 2.10. The van der Waals surface area contributed by atoms with Gasteiger partial charge in [0.2, 0.25) is 0 Å². The highest BCUT2D eigenvalue weighted by molar-refractivity contribution is 14.1. The Bertz CT molecular complexity index is 260. The molecule has 0 N–H and O–H groups in total. The molecule has 0 unspecified atom stereocenters. The molecule has 0 fully saturated rings. The van der Waals surface area contributed by atoms with Gasteiger partial charge >= 0.3 is 0 Å². The third-order valence-electron chi connectivity index (χ3n) is 1.49. The summed E-state index contributed by atoms with van der Waals surface area (Å²) in [6.07, 6.45) is 0. The summed E-state index contributed by atoms with van der Waals surface area (Å²) < 4.78 is 7.40. The molecule has 0 saturated heterocycles. The van der Waals surface area contributed by atoms with Crippen LogP contribution >= 0.6 is 54.5 Å². The molecule has 4 heteroatoms. The molecule has 0 heterocycles. The van der Waals surface area contributed by atoms with Gasteiger partial charge < -0.3 is 4.74 Å². The van der Waals surface area contributed by atoms with E-state index in [1.54, 1.807) is 7.11 Å². The van der Waals surface area contributed by atoms with E-state index >= 15 is 0 Å². The highest BCUT2D eigenvalue weighted by Crippen LogP contribution is 2.32. The van der Waals surface area contributed by atoms with Gasteiger partial charge in [-0.1, -0.05) is 22.0 Å². The van der Waals surface area contributed by atoms with Gasteiger partial charge in [-0.2, -0.15) is 0 Å². The average molecular weight is 406 g/mol. The topological polar surface area (TPSA) is 9.23 Å². The van der Waals surface area contributed by atoms with Crippen LogP contribution in [0.1, 0.15) is 5.56 Å². The fourth-order valence-electron chi connectivity index (χ4n) is 0.833. The maximum Gasteiger partial charge on any atom is 0.133 e. The summed E-state index contributed by atoms with van der Waals surface area (Å²) in [5.74, 6) is 0.909. The molecule has 1 aromatic rings. The minimum atomic E-state index is 0.855. The number of benzene rings is 1. The van der Waals surface area contributed by atoms with Crippen molar-refractivity contribution >= 4 is 54.5 Å². The van der Waals surface area contributed by atoms with Crippen molar-refractivity contribution in [2.45, 2.75) is 5.33 Å². The minimum Gasteiger partial charge on any atom is -0.496 e. The summed E-state index contributed by atoms with van der Waals surface area (Å²) >= 11 is 9.19. The zero-order valence-electron chi connectivity index (χ0n) is 6.40. The van der Waals surface area contributed by atoms with Gasteiger partial charge in [0.15, 0.2) is 0 Å². The first-order valence-electron chi connectivity index (χ1n) is 3.27. The van der Waals surface area contributed by atoms with Crippen molar-refractivity contribution in [2.75, 3.05) is 7.11 Å². The number of ether oxygens (including phenoxy) is 1. The lowest BCUT2D eigenvalue weighted by Gasteiger charge is -2.07. The first kappa shape index (κ1) is 10.8. The second-order valence-electron chi connectivity index (χ2n) is 2.19. The van der Waals surface area contributed by atoms with Crippen LogP contribution in [0.25, 0.3) is 0 Å². The molecule has 0 aliphatic heterocycles. The van der Waals surface area contributed by atoms with Gasteiger partial charge in [-0.25, -0.2) is 0 Å². The highest BCUT2D eigenvalue weighted by atomic mass is 127. The van der Waals surface area contributed by atoms with E-state index in [2.05, 4.69) is 54.5 Å². The lowest BCUT2D eigenvalue weighted by Crippen LogP contribution is -1.90. The minimum absolute atomic E-state index is 0.855. The summed E-state index contributed by atoms with van der Waals surface area (Å²) in [7, 11) is 1.68. The van der Waals surface area contributed by atoms with Gasteiger partial charge in [-0.15, -0.1) is 0 Å². The monoisotopic (exact) mass is 404 g/mol. The van der Waals surface area contributed by atoms with Crippen LogP contribution in [-0.4, -0.2) is 7.11 Å². The SMILES string of the molecule is COc1ccc(CBr)c(Br)c1I. The third-order valence-corrected chi connectivity index (χ3v) is 4.81. The maximum atomic E-state index is 5.17. The predicted octanol–water partition coefficient (Wildman–Crippen LogP) is 3.96. The fraction of sp³-hybridized carbons (Fsp3) is 0.250. The largest absolute Gasteiger partial charge is 0.496 e. The third kappa shape index (κ3) is 2.14. The summed E-state index contributed by atoms with van der Waals surface area (Å²) in [4.78, 5) is 0. The Balaban J connectivity index is 3.20. The Hall–Kier alpha value is 0.710. The number of halogens is 3. The van der Waals surface area contributed by atoms with Crippen molar-refractivity contribution in [3.63, 3.8) is 0 Å². The Labute approximate surface area is 102 Å². The summed E-state index contributed by atoms with van der Waals surface area (Å²) in [6, 6.07) is 4.02. The van der Waals surface area contributed by atoms with Crippen LogP contribution in [0.5, 0.6) is 5.75 Å². The van der Waals surface area contributed by atoms with Crippen molar-refractivity contribution in [3.05, 3.63) is 25.7 Å². The van der Waals surface area contributed by atoms with Gasteiger partial charge in [0, 0.05) is 9.80 Å². The molecular weight excluding hydrogens is 399 g/mol. The number of methoxy groups -OCH3 is 1. The van der Waals surface area contributed by atoms with E-state index in [9.17, 15) is 0 Å². The molecule has 0 aliphatic rings. The fourth-order valence-corrected chi connectivity index (χ4v) is 2.89. The lowest BCUT2D eigenvalue weighted by atomic mass is 10.2. The number of alkyl halides is 1. The van der Waals surface area contributed by atoms with Crippen LogP contribution in [0.4, 0.5) is 0 Å². The molecule has 12 heavy (non-hydrogen) atoms. The van der Waals surface area contributed by atoms with Crippen molar-refractivity contribution < 1.29 is 4.74 Å². The van der Waals surface area contributed by atoms with Crippen LogP contribution in [0.15, 0.2) is 16.6 Å². The normalized spacial score (nSPS) is 10.0. The Morgan fingerprint density at radius 3 is 2.67 bits per heavy atom. The van der Waals surface area contributed by atoms with E-state index in [0.29, 0.717) is 0 Å². The molecule has 0 radical (unpaired) electrons. The van der Waals surface area contributed by atoms with Crippen molar-refractivity contribution in [3.8, 4) is 5.75 Å². The molecule has 0 bridgehead atoms. The molecule has 0 aliphatic carbocycles. The molecule has 1 rings (SSSR count). The van der Waals surface area contributed by atoms with Crippen molar-refractivity contribution in [1.82, 2.24) is 0 Å². The van der Waals surface area contributed by atoms with Gasteiger partial charge in [0.05, 0.1) is 10.7 Å². The zero-order valence-corrected chi connectivity index (χ0v) is 11.7. The van der Waals surface area contributed by atoms with E-state index in [0.717, 1.165) is 19.1 Å². The summed E-state index contributed by atoms with van der Waals surface area (Å²) in [6.45, 7) is 0. The summed E-state index contributed by atoms with van der Waals surface area (Å²) in [5, 5.41) is 0.855. The second kappa shape index (κ2) is 4.81. The molecular formula is C8H7Br2IO. The first-order valence-corrected chi connectivity index (χ1v) is 6.27. The molecule has 0 saturated carbocycles. The molecule has 1 nitrogen and oxygen atoms in total. The van der Waals surface area contributed by atoms with E-state index in [1.165, 1.54) is 5.56 Å². The van der Waals surface area contributed by atoms with E-state index < -0.39 is 0 Å². The van der Waals surface area contributed by atoms with Crippen LogP contribution in [0, 0.1) is 3.57 Å². The Kier molecular flexibility index (Phi) is 4.32. The van der Waals surface area contributed by atoms with Crippen LogP contribution < -0.4 is 4.74 Å². The predicted molar refractivity (Wildman–Crippen MR) is 66.0 cm³/mol.